The Morgan fingerprint density at radius 2 is 1.03 bits per heavy atom. The largest absolute Gasteiger partial charge is 0.467 e. The van der Waals surface area contributed by atoms with Gasteiger partial charge in [-0.05, 0) is 47.9 Å². The molecule has 2 saturated heterocycles. The zero-order chi connectivity index (χ0) is 21.7. The van der Waals surface area contributed by atoms with E-state index >= 15 is 0 Å². The number of likely N-dealkylation sites (tertiary alicyclic amines) is 2. The van der Waals surface area contributed by atoms with Gasteiger partial charge < -0.3 is 8.83 Å². The molecule has 0 spiro atoms. The summed E-state index contributed by atoms with van der Waals surface area (Å²) in [7, 11) is 0. The molecule has 8 rings (SSSR count). The van der Waals surface area contributed by atoms with Gasteiger partial charge in [0.15, 0.2) is 0 Å². The van der Waals surface area contributed by atoms with Gasteiger partial charge in [0.25, 0.3) is 0 Å². The molecule has 8 nitrogen and oxygen atoms in total. The molecule has 2 aromatic heterocycles. The number of hydrogen-bond donors (Lipinski definition) is 0. The quantitative estimate of drug-likeness (QED) is 0.540. The predicted octanol–water partition coefficient (Wildman–Crippen LogP) is 1.84. The van der Waals surface area contributed by atoms with Gasteiger partial charge >= 0.3 is 0 Å². The molecular weight excluding hydrogens is 412 g/mol. The van der Waals surface area contributed by atoms with Crippen molar-refractivity contribution in [1.29, 1.82) is 0 Å². The molecular formula is C24H20N2O6. The van der Waals surface area contributed by atoms with E-state index < -0.39 is 23.7 Å². The summed E-state index contributed by atoms with van der Waals surface area (Å²) < 4.78 is 10.7. The number of rotatable bonds is 4. The van der Waals surface area contributed by atoms with E-state index in [4.69, 9.17) is 8.83 Å². The predicted molar refractivity (Wildman–Crippen MR) is 106 cm³/mol. The van der Waals surface area contributed by atoms with Crippen molar-refractivity contribution in [2.45, 2.75) is 13.1 Å². The van der Waals surface area contributed by atoms with Crippen molar-refractivity contribution in [2.24, 2.45) is 47.3 Å². The van der Waals surface area contributed by atoms with Crippen LogP contribution in [0.3, 0.4) is 0 Å². The van der Waals surface area contributed by atoms with Crippen LogP contribution < -0.4 is 0 Å². The van der Waals surface area contributed by atoms with Crippen LogP contribution in [0.4, 0.5) is 0 Å². The number of amides is 4. The van der Waals surface area contributed by atoms with Crippen LogP contribution in [-0.2, 0) is 32.3 Å². The average molecular weight is 432 g/mol. The fourth-order valence-corrected chi connectivity index (χ4v) is 7.15. The van der Waals surface area contributed by atoms with Crippen LogP contribution in [-0.4, -0.2) is 33.4 Å². The molecule has 8 heteroatoms. The molecule has 0 radical (unpaired) electrons. The maximum Gasteiger partial charge on any atom is 0.234 e. The number of fused-ring (bicyclic) bond motifs is 1. The van der Waals surface area contributed by atoms with Crippen LogP contribution in [0, 0.1) is 47.3 Å². The lowest BCUT2D eigenvalue weighted by Crippen LogP contribution is -2.63. The highest BCUT2D eigenvalue weighted by molar-refractivity contribution is 6.09. The Hall–Kier alpha value is -3.42. The lowest BCUT2D eigenvalue weighted by molar-refractivity contribution is -0.166. The summed E-state index contributed by atoms with van der Waals surface area (Å²) in [5.41, 5.74) is 0. The maximum atomic E-state index is 13.3. The Morgan fingerprint density at radius 1 is 0.625 bits per heavy atom. The Kier molecular flexibility index (Phi) is 3.46. The molecule has 4 amide bonds. The topological polar surface area (TPSA) is 101 Å². The number of carbonyl (C=O) groups excluding carboxylic acids is 4. The number of carbonyl (C=O) groups is 4. The van der Waals surface area contributed by atoms with Crippen molar-refractivity contribution in [3.05, 3.63) is 60.5 Å². The van der Waals surface area contributed by atoms with Crippen LogP contribution in [0.25, 0.3) is 0 Å². The smallest absolute Gasteiger partial charge is 0.234 e. The average Bonchev–Trinajstić information content (AvgIpc) is 3.54. The van der Waals surface area contributed by atoms with Gasteiger partial charge in [-0.1, -0.05) is 12.2 Å². The highest BCUT2D eigenvalue weighted by atomic mass is 16.3. The van der Waals surface area contributed by atoms with Crippen LogP contribution in [0.2, 0.25) is 0 Å². The molecule has 2 aliphatic heterocycles. The van der Waals surface area contributed by atoms with E-state index in [-0.39, 0.29) is 60.4 Å². The van der Waals surface area contributed by atoms with Crippen molar-refractivity contribution >= 4 is 23.6 Å². The van der Waals surface area contributed by atoms with Crippen LogP contribution in [0.5, 0.6) is 0 Å². The van der Waals surface area contributed by atoms with E-state index in [0.717, 1.165) is 0 Å². The van der Waals surface area contributed by atoms with Crippen LogP contribution >= 0.6 is 0 Å². The van der Waals surface area contributed by atoms with Crippen molar-refractivity contribution in [2.75, 3.05) is 0 Å². The van der Waals surface area contributed by atoms with Crippen molar-refractivity contribution in [3.8, 4) is 0 Å². The Labute approximate surface area is 182 Å². The molecule has 162 valence electrons. The first-order chi connectivity index (χ1) is 15.6. The summed E-state index contributed by atoms with van der Waals surface area (Å²) in [6, 6.07) is 6.94. The van der Waals surface area contributed by atoms with E-state index in [1.54, 1.807) is 24.3 Å². The molecule has 2 bridgehead atoms. The first kappa shape index (κ1) is 18.2. The minimum atomic E-state index is -0.461. The lowest BCUT2D eigenvalue weighted by Gasteiger charge is -2.60. The number of nitrogens with zero attached hydrogens (tertiary/aromatic N) is 2. The van der Waals surface area contributed by atoms with Gasteiger partial charge in [-0.3, -0.25) is 29.0 Å². The first-order valence-electron chi connectivity index (χ1n) is 11.0. The van der Waals surface area contributed by atoms with Crippen LogP contribution in [0.1, 0.15) is 11.5 Å². The third-order valence-corrected chi connectivity index (χ3v) is 8.31. The van der Waals surface area contributed by atoms with E-state index in [0.29, 0.717) is 11.5 Å². The Bertz CT molecular complexity index is 1130. The molecule has 8 unspecified atom stereocenters. The van der Waals surface area contributed by atoms with Crippen LogP contribution in [0.15, 0.2) is 57.8 Å². The Balaban J connectivity index is 1.20. The molecule has 2 aromatic rings. The van der Waals surface area contributed by atoms with Crippen molar-refractivity contribution in [3.63, 3.8) is 0 Å². The molecule has 8 atom stereocenters. The standard InChI is InChI=1S/C24H20N2O6/c27-21-17-13-5-6-14(18(17)22(28)25(21)9-11-3-1-7-31-11)16-15(13)19-20(16)24(30)26(23(19)29)10-12-4-2-8-32-12/h1-8,13-20H,9-10H2. The molecule has 6 aliphatic rings. The maximum absolute atomic E-state index is 13.3. The minimum Gasteiger partial charge on any atom is -0.467 e. The summed E-state index contributed by atoms with van der Waals surface area (Å²) in [6.45, 7) is 0.246. The van der Waals surface area contributed by atoms with Gasteiger partial charge in [-0.2, -0.15) is 0 Å². The van der Waals surface area contributed by atoms with Gasteiger partial charge in [0, 0.05) is 0 Å². The molecule has 0 aromatic carbocycles. The van der Waals surface area contributed by atoms with Crippen molar-refractivity contribution in [1.82, 2.24) is 9.80 Å². The number of imide groups is 2. The van der Waals surface area contributed by atoms with E-state index in [1.165, 1.54) is 22.3 Å². The van der Waals surface area contributed by atoms with Gasteiger partial charge in [-0.15, -0.1) is 0 Å². The normalized spacial score (nSPS) is 38.9. The molecule has 2 saturated carbocycles. The third-order valence-electron chi connectivity index (χ3n) is 8.31. The second-order valence-electron chi connectivity index (χ2n) is 9.48. The number of hydrogen-bond acceptors (Lipinski definition) is 6. The van der Waals surface area contributed by atoms with Crippen molar-refractivity contribution < 1.29 is 28.0 Å². The first-order valence-corrected chi connectivity index (χ1v) is 11.0. The number of furan rings is 2. The molecule has 0 N–H and O–H groups in total. The fraction of sp³-hybridized carbons (Fsp3) is 0.417. The lowest BCUT2D eigenvalue weighted by atomic mass is 9.40. The van der Waals surface area contributed by atoms with E-state index in [9.17, 15) is 19.2 Å². The SMILES string of the molecule is O=C1C2C3C=CC(C2C(=O)N1Cc1ccco1)C1C2C(=O)N(Cc4ccco4)C(=O)C2C31. The second-order valence-corrected chi connectivity index (χ2v) is 9.48. The number of allylic oxidation sites excluding steroid dienone is 2. The highest BCUT2D eigenvalue weighted by Crippen LogP contribution is 2.68. The van der Waals surface area contributed by atoms with E-state index in [1.807, 2.05) is 12.2 Å². The highest BCUT2D eigenvalue weighted by Gasteiger charge is 2.74. The Morgan fingerprint density at radius 3 is 1.41 bits per heavy atom. The molecule has 32 heavy (non-hydrogen) atoms. The zero-order valence-electron chi connectivity index (χ0n) is 17.0. The summed E-state index contributed by atoms with van der Waals surface area (Å²) in [4.78, 5) is 55.6. The van der Waals surface area contributed by atoms with E-state index in [2.05, 4.69) is 0 Å². The summed E-state index contributed by atoms with van der Waals surface area (Å²) in [5, 5.41) is 0. The third kappa shape index (κ3) is 2.07. The fourth-order valence-electron chi connectivity index (χ4n) is 7.15. The monoisotopic (exact) mass is 432 g/mol. The van der Waals surface area contributed by atoms with Gasteiger partial charge in [0.05, 0.1) is 49.3 Å². The van der Waals surface area contributed by atoms with Gasteiger partial charge in [0.2, 0.25) is 23.6 Å². The summed E-state index contributed by atoms with van der Waals surface area (Å²) >= 11 is 0. The van der Waals surface area contributed by atoms with Gasteiger partial charge in [-0.25, -0.2) is 0 Å². The molecule has 4 fully saturated rings. The van der Waals surface area contributed by atoms with Gasteiger partial charge in [0.1, 0.15) is 11.5 Å². The summed E-state index contributed by atoms with van der Waals surface area (Å²) in [6.07, 6.45) is 7.06. The summed E-state index contributed by atoms with van der Waals surface area (Å²) in [5.74, 6) is -1.92. The zero-order valence-corrected chi connectivity index (χ0v) is 17.0. The molecule has 4 aliphatic carbocycles. The molecule has 4 heterocycles. The second kappa shape index (κ2) is 6.09. The minimum absolute atomic E-state index is 0.0744.